The van der Waals surface area contributed by atoms with Gasteiger partial charge < -0.3 is 18.4 Å². The molecule has 3 aliphatic heterocycles. The van der Waals surface area contributed by atoms with E-state index in [1.54, 1.807) is 26.4 Å². The summed E-state index contributed by atoms with van der Waals surface area (Å²) in [4.78, 5) is 12.4. The Bertz CT molecular complexity index is 1000. The molecule has 3 saturated heterocycles. The molecule has 4 heterocycles. The fourth-order valence-electron chi connectivity index (χ4n) is 8.42. The maximum absolute atomic E-state index is 12.4. The molecule has 0 unspecified atom stereocenters. The minimum atomic E-state index is -0.294. The second kappa shape index (κ2) is 5.78. The molecule has 4 fully saturated rings. The average Bonchev–Trinajstić information content (AvgIpc) is 2.55. The summed E-state index contributed by atoms with van der Waals surface area (Å²) >= 11 is 0. The molecule has 5 nitrogen and oxygen atoms in total. The van der Waals surface area contributed by atoms with Crippen LogP contribution in [0.3, 0.4) is 0 Å². The van der Waals surface area contributed by atoms with Crippen LogP contribution >= 0.6 is 0 Å². The second-order valence-electron chi connectivity index (χ2n) is 11.2. The molecule has 1 aromatic heterocycles. The van der Waals surface area contributed by atoms with Crippen LogP contribution in [-0.2, 0) is 6.54 Å². The Labute approximate surface area is 172 Å². The van der Waals surface area contributed by atoms with Gasteiger partial charge in [0.05, 0.1) is 33.9 Å². The summed E-state index contributed by atoms with van der Waals surface area (Å²) in [6.45, 7) is 11.9. The van der Waals surface area contributed by atoms with E-state index in [1.165, 1.54) is 38.9 Å². The van der Waals surface area contributed by atoms with E-state index in [2.05, 4.69) is 20.8 Å². The Morgan fingerprint density at radius 2 is 1.41 bits per heavy atom. The van der Waals surface area contributed by atoms with Crippen molar-refractivity contribution in [2.24, 2.45) is 16.2 Å². The predicted octanol–water partition coefficient (Wildman–Crippen LogP) is 4.36. The first-order valence-electron chi connectivity index (χ1n) is 10.6. The molecule has 4 aliphatic rings. The van der Waals surface area contributed by atoms with Gasteiger partial charge >= 0.3 is 5.63 Å². The van der Waals surface area contributed by atoms with E-state index >= 15 is 0 Å². The smallest absolute Gasteiger partial charge is 0.336 e. The molecule has 4 bridgehead atoms. The van der Waals surface area contributed by atoms with Crippen LogP contribution in [0.5, 0.6) is 11.5 Å². The molecule has 0 spiro atoms. The molecule has 6 rings (SSSR count). The van der Waals surface area contributed by atoms with Gasteiger partial charge in [0, 0.05) is 39.3 Å². The van der Waals surface area contributed by atoms with Crippen molar-refractivity contribution in [3.05, 3.63) is 34.2 Å². The standard InChI is InChI=1S/C24H32NO4/c1-22-10-23(2)12-24(3,11-22)15-25(13-22,14-23)9-16-6-21(26)29-18-8-20(28-5)19(27-4)7-17(16)18/h6-8H,9-15H2,1-5H3/q+1. The third-order valence-electron chi connectivity index (χ3n) is 7.55. The van der Waals surface area contributed by atoms with Crippen LogP contribution in [0.4, 0.5) is 0 Å². The Hall–Kier alpha value is -2.01. The van der Waals surface area contributed by atoms with E-state index < -0.39 is 0 Å². The highest BCUT2D eigenvalue weighted by molar-refractivity contribution is 5.84. The highest BCUT2D eigenvalue weighted by Gasteiger charge is 2.65. The lowest BCUT2D eigenvalue weighted by Crippen LogP contribution is -2.74. The maximum Gasteiger partial charge on any atom is 0.336 e. The van der Waals surface area contributed by atoms with Crippen molar-refractivity contribution < 1.29 is 18.4 Å². The fraction of sp³-hybridized carbons (Fsp3) is 0.625. The largest absolute Gasteiger partial charge is 0.493 e. The summed E-state index contributed by atoms with van der Waals surface area (Å²) in [7, 11) is 3.24. The molecule has 29 heavy (non-hydrogen) atoms. The lowest BCUT2D eigenvalue weighted by Gasteiger charge is -2.68. The lowest BCUT2D eigenvalue weighted by atomic mass is 9.48. The lowest BCUT2D eigenvalue weighted by molar-refractivity contribution is -0.978. The third kappa shape index (κ3) is 2.97. The first kappa shape index (κ1) is 19.0. The van der Waals surface area contributed by atoms with E-state index in [0.29, 0.717) is 33.3 Å². The van der Waals surface area contributed by atoms with Crippen LogP contribution in [0.1, 0.15) is 45.6 Å². The van der Waals surface area contributed by atoms with Gasteiger partial charge in [-0.25, -0.2) is 4.79 Å². The molecular formula is C24H32NO4+. The summed E-state index contributed by atoms with van der Waals surface area (Å²) in [5.74, 6) is 1.25. The molecule has 1 saturated carbocycles. The summed E-state index contributed by atoms with van der Waals surface area (Å²) in [6, 6.07) is 5.43. The zero-order valence-corrected chi connectivity index (χ0v) is 18.3. The van der Waals surface area contributed by atoms with Crippen molar-refractivity contribution in [2.45, 2.75) is 46.6 Å². The quantitative estimate of drug-likeness (QED) is 0.567. The molecule has 2 aromatic rings. The molecule has 1 aliphatic carbocycles. The highest BCUT2D eigenvalue weighted by atomic mass is 16.5. The van der Waals surface area contributed by atoms with Crippen LogP contribution in [0, 0.1) is 16.2 Å². The molecule has 0 radical (unpaired) electrons. The van der Waals surface area contributed by atoms with Crippen molar-refractivity contribution in [2.75, 3.05) is 33.9 Å². The number of methoxy groups -OCH3 is 2. The van der Waals surface area contributed by atoms with Crippen LogP contribution in [0.15, 0.2) is 27.4 Å². The highest BCUT2D eigenvalue weighted by Crippen LogP contribution is 2.64. The minimum Gasteiger partial charge on any atom is -0.493 e. The fourth-order valence-corrected chi connectivity index (χ4v) is 8.42. The number of quaternary nitrogens is 1. The van der Waals surface area contributed by atoms with Gasteiger partial charge in [0.1, 0.15) is 12.1 Å². The van der Waals surface area contributed by atoms with Gasteiger partial charge in [0.25, 0.3) is 0 Å². The average molecular weight is 399 g/mol. The first-order chi connectivity index (χ1) is 13.6. The van der Waals surface area contributed by atoms with Gasteiger partial charge in [-0.3, -0.25) is 0 Å². The predicted molar refractivity (Wildman–Crippen MR) is 112 cm³/mol. The molecule has 5 heteroatoms. The van der Waals surface area contributed by atoms with Gasteiger partial charge in [-0.15, -0.1) is 0 Å². The molecule has 1 aromatic carbocycles. The van der Waals surface area contributed by atoms with Gasteiger partial charge in [0.2, 0.25) is 0 Å². The summed E-state index contributed by atoms with van der Waals surface area (Å²) in [6.07, 6.45) is 3.99. The van der Waals surface area contributed by atoms with Crippen molar-refractivity contribution in [3.8, 4) is 11.5 Å². The third-order valence-corrected chi connectivity index (χ3v) is 7.55. The summed E-state index contributed by atoms with van der Waals surface area (Å²) in [5, 5.41) is 0.955. The first-order valence-corrected chi connectivity index (χ1v) is 10.6. The number of piperidine rings is 3. The number of hydrogen-bond donors (Lipinski definition) is 0. The van der Waals surface area contributed by atoms with Crippen molar-refractivity contribution >= 4 is 11.0 Å². The van der Waals surface area contributed by atoms with E-state index in [1.807, 2.05) is 6.07 Å². The zero-order chi connectivity index (χ0) is 20.7. The van der Waals surface area contributed by atoms with Crippen LogP contribution in [0.25, 0.3) is 11.0 Å². The Kier molecular flexibility index (Phi) is 3.78. The summed E-state index contributed by atoms with van der Waals surface area (Å²) < 4.78 is 17.5. The number of rotatable bonds is 4. The monoisotopic (exact) mass is 398 g/mol. The number of fused-ring (bicyclic) bond motifs is 1. The van der Waals surface area contributed by atoms with Gasteiger partial charge in [0.15, 0.2) is 11.5 Å². The van der Waals surface area contributed by atoms with Crippen molar-refractivity contribution in [1.82, 2.24) is 0 Å². The SMILES string of the molecule is COc1cc2oc(=O)cc(C[N+]34CC5(C)CC(C)(CC(C)(C5)C3)C4)c2cc1OC. The van der Waals surface area contributed by atoms with Crippen molar-refractivity contribution in [3.63, 3.8) is 0 Å². The molecule has 0 N–H and O–H groups in total. The molecular weight excluding hydrogens is 366 g/mol. The zero-order valence-electron chi connectivity index (χ0n) is 18.3. The number of ether oxygens (including phenoxy) is 2. The number of nitrogens with zero attached hydrogens (tertiary/aromatic N) is 1. The van der Waals surface area contributed by atoms with Gasteiger partial charge in [-0.05, 0) is 25.3 Å². The van der Waals surface area contributed by atoms with Gasteiger partial charge in [-0.2, -0.15) is 0 Å². The van der Waals surface area contributed by atoms with Gasteiger partial charge in [-0.1, -0.05) is 20.8 Å². The molecule has 156 valence electrons. The van der Waals surface area contributed by atoms with E-state index in [9.17, 15) is 4.79 Å². The Morgan fingerprint density at radius 3 is 1.93 bits per heavy atom. The normalized spacial score (nSPS) is 37.8. The Morgan fingerprint density at radius 1 is 0.897 bits per heavy atom. The number of benzene rings is 1. The van der Waals surface area contributed by atoms with E-state index in [-0.39, 0.29) is 5.63 Å². The molecule has 0 atom stereocenters. The van der Waals surface area contributed by atoms with E-state index in [0.717, 1.165) is 22.0 Å². The summed E-state index contributed by atoms with van der Waals surface area (Å²) in [5.41, 5.74) is 2.53. The second-order valence-corrected chi connectivity index (χ2v) is 11.2. The Balaban J connectivity index is 1.63. The number of hydrogen-bond acceptors (Lipinski definition) is 4. The molecule has 0 amide bonds. The van der Waals surface area contributed by atoms with Crippen molar-refractivity contribution in [1.29, 1.82) is 0 Å². The topological polar surface area (TPSA) is 48.7 Å². The van der Waals surface area contributed by atoms with Crippen LogP contribution in [0.2, 0.25) is 0 Å². The van der Waals surface area contributed by atoms with E-state index in [4.69, 9.17) is 13.9 Å². The van der Waals surface area contributed by atoms with Crippen LogP contribution < -0.4 is 15.1 Å². The maximum atomic E-state index is 12.4. The minimum absolute atomic E-state index is 0.294. The van der Waals surface area contributed by atoms with Crippen LogP contribution in [-0.4, -0.2) is 38.3 Å².